The van der Waals surface area contributed by atoms with Crippen LogP contribution in [-0.2, 0) is 0 Å². The molecule has 1 unspecified atom stereocenters. The maximum absolute atomic E-state index is 13.5. The molecule has 0 bridgehead atoms. The lowest BCUT2D eigenvalue weighted by Gasteiger charge is -2.10. The van der Waals surface area contributed by atoms with Gasteiger partial charge in [-0.2, -0.15) is 0 Å². The van der Waals surface area contributed by atoms with Crippen molar-refractivity contribution < 1.29 is 4.39 Å². The van der Waals surface area contributed by atoms with Gasteiger partial charge in [-0.1, -0.05) is 29.8 Å². The summed E-state index contributed by atoms with van der Waals surface area (Å²) in [4.78, 5) is 0. The van der Waals surface area contributed by atoms with Crippen LogP contribution in [0.3, 0.4) is 0 Å². The van der Waals surface area contributed by atoms with Crippen molar-refractivity contribution in [3.05, 3.63) is 58.9 Å². The average Bonchev–Trinajstić information content (AvgIpc) is 2.29. The summed E-state index contributed by atoms with van der Waals surface area (Å²) in [5, 5.41) is 0.661. The van der Waals surface area contributed by atoms with Crippen LogP contribution in [-0.4, -0.2) is 0 Å². The molecule has 0 spiro atoms. The Morgan fingerprint density at radius 2 is 1.82 bits per heavy atom. The minimum absolute atomic E-state index is 0.272. The van der Waals surface area contributed by atoms with Gasteiger partial charge in [0.15, 0.2) is 0 Å². The van der Waals surface area contributed by atoms with Crippen LogP contribution in [0.4, 0.5) is 4.39 Å². The lowest BCUT2D eigenvalue weighted by molar-refractivity contribution is 0.594. The molecule has 2 rings (SSSR count). The van der Waals surface area contributed by atoms with Gasteiger partial charge in [0.2, 0.25) is 0 Å². The van der Waals surface area contributed by atoms with E-state index < -0.39 is 0 Å². The second kappa shape index (κ2) is 4.86. The van der Waals surface area contributed by atoms with Crippen LogP contribution < -0.4 is 5.73 Å². The number of rotatable bonds is 2. The van der Waals surface area contributed by atoms with Crippen molar-refractivity contribution in [2.24, 2.45) is 5.73 Å². The van der Waals surface area contributed by atoms with Crippen molar-refractivity contribution >= 4 is 11.6 Å². The molecule has 2 N–H and O–H groups in total. The number of benzene rings is 2. The molecule has 1 atom stereocenters. The third kappa shape index (κ3) is 2.65. The Hall–Kier alpha value is -1.38. The van der Waals surface area contributed by atoms with Crippen molar-refractivity contribution in [2.45, 2.75) is 13.0 Å². The highest BCUT2D eigenvalue weighted by Gasteiger charge is 2.08. The van der Waals surface area contributed by atoms with Gasteiger partial charge < -0.3 is 5.73 Å². The summed E-state index contributed by atoms with van der Waals surface area (Å²) in [6.07, 6.45) is 0. The van der Waals surface area contributed by atoms with Crippen LogP contribution in [0, 0.1) is 5.82 Å². The molecule has 0 saturated heterocycles. The van der Waals surface area contributed by atoms with Crippen LogP contribution in [0.25, 0.3) is 11.1 Å². The molecule has 0 radical (unpaired) electrons. The first kappa shape index (κ1) is 12.1. The molecule has 0 saturated carbocycles. The third-order valence-corrected chi connectivity index (χ3v) is 2.88. The van der Waals surface area contributed by atoms with Crippen molar-refractivity contribution in [1.29, 1.82) is 0 Å². The molecule has 88 valence electrons. The van der Waals surface area contributed by atoms with Crippen LogP contribution in [0.1, 0.15) is 18.5 Å². The molecule has 2 aromatic carbocycles. The highest BCUT2D eigenvalue weighted by atomic mass is 35.5. The van der Waals surface area contributed by atoms with E-state index in [2.05, 4.69) is 0 Å². The first-order valence-corrected chi connectivity index (χ1v) is 5.76. The predicted molar refractivity (Wildman–Crippen MR) is 69.4 cm³/mol. The molecule has 0 heterocycles. The Balaban J connectivity index is 2.50. The van der Waals surface area contributed by atoms with Gasteiger partial charge in [0.1, 0.15) is 5.82 Å². The fourth-order valence-corrected chi connectivity index (χ4v) is 1.93. The van der Waals surface area contributed by atoms with Gasteiger partial charge in [-0.3, -0.25) is 0 Å². The summed E-state index contributed by atoms with van der Waals surface area (Å²) in [7, 11) is 0. The van der Waals surface area contributed by atoms with Gasteiger partial charge in [-0.15, -0.1) is 0 Å². The van der Waals surface area contributed by atoms with Gasteiger partial charge in [0, 0.05) is 16.6 Å². The fourth-order valence-electron chi connectivity index (χ4n) is 1.74. The van der Waals surface area contributed by atoms with Gasteiger partial charge >= 0.3 is 0 Å². The highest BCUT2D eigenvalue weighted by molar-refractivity contribution is 6.30. The Morgan fingerprint density at radius 3 is 2.47 bits per heavy atom. The maximum Gasteiger partial charge on any atom is 0.128 e. The van der Waals surface area contributed by atoms with Crippen LogP contribution in [0.2, 0.25) is 5.02 Å². The molecule has 0 aliphatic rings. The number of halogens is 2. The zero-order valence-corrected chi connectivity index (χ0v) is 10.2. The van der Waals surface area contributed by atoms with Crippen molar-refractivity contribution in [1.82, 2.24) is 0 Å². The topological polar surface area (TPSA) is 26.0 Å². The normalized spacial score (nSPS) is 12.5. The second-order valence-corrected chi connectivity index (χ2v) is 4.47. The Bertz CT molecular complexity index is 537. The lowest BCUT2D eigenvalue weighted by Crippen LogP contribution is -2.07. The van der Waals surface area contributed by atoms with E-state index in [4.69, 9.17) is 17.3 Å². The average molecular weight is 250 g/mol. The molecule has 0 amide bonds. The zero-order valence-electron chi connectivity index (χ0n) is 9.45. The molecule has 3 heteroatoms. The third-order valence-electron chi connectivity index (χ3n) is 2.64. The summed E-state index contributed by atoms with van der Waals surface area (Å²) in [6, 6.07) is 12.1. The van der Waals surface area contributed by atoms with E-state index in [1.807, 2.05) is 18.2 Å². The molecule has 0 aliphatic carbocycles. The van der Waals surface area contributed by atoms with E-state index in [9.17, 15) is 4.39 Å². The van der Waals surface area contributed by atoms with Gasteiger partial charge in [-0.25, -0.2) is 4.39 Å². The largest absolute Gasteiger partial charge is 0.324 e. The lowest BCUT2D eigenvalue weighted by atomic mass is 10.00. The number of hydrogen-bond donors (Lipinski definition) is 1. The first-order chi connectivity index (χ1) is 8.08. The van der Waals surface area contributed by atoms with Crippen molar-refractivity contribution in [3.8, 4) is 11.1 Å². The quantitative estimate of drug-likeness (QED) is 0.850. The van der Waals surface area contributed by atoms with Crippen LogP contribution >= 0.6 is 11.6 Å². The summed E-state index contributed by atoms with van der Waals surface area (Å²) < 4.78 is 13.5. The Labute approximate surface area is 105 Å². The van der Waals surface area contributed by atoms with Crippen LogP contribution in [0.5, 0.6) is 0 Å². The molecule has 0 fully saturated rings. The molecule has 0 aromatic heterocycles. The molecule has 0 aliphatic heterocycles. The molecule has 17 heavy (non-hydrogen) atoms. The van der Waals surface area contributed by atoms with Gasteiger partial charge in [0.25, 0.3) is 0 Å². The number of hydrogen-bond acceptors (Lipinski definition) is 1. The zero-order chi connectivity index (χ0) is 12.4. The van der Waals surface area contributed by atoms with E-state index in [1.165, 1.54) is 6.07 Å². The van der Waals surface area contributed by atoms with Crippen molar-refractivity contribution in [3.63, 3.8) is 0 Å². The first-order valence-electron chi connectivity index (χ1n) is 5.39. The SMILES string of the molecule is CC(N)c1cc(-c2cccc(Cl)c2)ccc1F. The summed E-state index contributed by atoms with van der Waals surface area (Å²) >= 11 is 5.93. The predicted octanol–water partition coefficient (Wildman–Crippen LogP) is 4.17. The number of nitrogens with two attached hydrogens (primary N) is 1. The monoisotopic (exact) mass is 249 g/mol. The van der Waals surface area contributed by atoms with E-state index >= 15 is 0 Å². The minimum Gasteiger partial charge on any atom is -0.324 e. The second-order valence-electron chi connectivity index (χ2n) is 4.04. The van der Waals surface area contributed by atoms with Crippen LogP contribution in [0.15, 0.2) is 42.5 Å². The van der Waals surface area contributed by atoms with Gasteiger partial charge in [-0.05, 0) is 42.3 Å². The molecule has 1 nitrogen and oxygen atoms in total. The summed E-state index contributed by atoms with van der Waals surface area (Å²) in [5.74, 6) is -0.272. The molecule has 2 aromatic rings. The highest BCUT2D eigenvalue weighted by Crippen LogP contribution is 2.26. The van der Waals surface area contributed by atoms with E-state index in [-0.39, 0.29) is 11.9 Å². The summed E-state index contributed by atoms with van der Waals surface area (Å²) in [6.45, 7) is 1.76. The summed E-state index contributed by atoms with van der Waals surface area (Å²) in [5.41, 5.74) is 8.12. The van der Waals surface area contributed by atoms with Crippen molar-refractivity contribution in [2.75, 3.05) is 0 Å². The molecular formula is C14H13ClFN. The maximum atomic E-state index is 13.5. The van der Waals surface area contributed by atoms with E-state index in [0.717, 1.165) is 11.1 Å². The standard InChI is InChI=1S/C14H13ClFN/c1-9(17)13-8-11(5-6-14(13)16)10-3-2-4-12(15)7-10/h2-9H,17H2,1H3. The smallest absolute Gasteiger partial charge is 0.128 e. The Kier molecular flexibility index (Phi) is 3.46. The molecular weight excluding hydrogens is 237 g/mol. The Morgan fingerprint density at radius 1 is 1.12 bits per heavy atom. The van der Waals surface area contributed by atoms with Gasteiger partial charge in [0.05, 0.1) is 0 Å². The van der Waals surface area contributed by atoms with E-state index in [0.29, 0.717) is 10.6 Å². The minimum atomic E-state index is -0.325. The fraction of sp³-hybridized carbons (Fsp3) is 0.143. The van der Waals surface area contributed by atoms with E-state index in [1.54, 1.807) is 25.1 Å².